The van der Waals surface area contributed by atoms with E-state index in [9.17, 15) is 23.1 Å². The number of carboxylic acid groups (broad SMARTS) is 1. The normalized spacial score (nSPS) is 13.3. The van der Waals surface area contributed by atoms with Crippen LogP contribution in [-0.4, -0.2) is 16.2 Å². The van der Waals surface area contributed by atoms with Crippen molar-refractivity contribution in [3.8, 4) is 5.75 Å². The van der Waals surface area contributed by atoms with E-state index in [2.05, 4.69) is 15.9 Å². The van der Waals surface area contributed by atoms with Gasteiger partial charge in [-0.15, -0.1) is 0 Å². The van der Waals surface area contributed by atoms with Gasteiger partial charge in [-0.2, -0.15) is 13.2 Å². The lowest BCUT2D eigenvalue weighted by molar-refractivity contribution is -0.139. The van der Waals surface area contributed by atoms with E-state index >= 15 is 0 Å². The van der Waals surface area contributed by atoms with Crippen LogP contribution < -0.4 is 5.73 Å². The van der Waals surface area contributed by atoms with E-state index in [1.807, 2.05) is 0 Å². The van der Waals surface area contributed by atoms with Gasteiger partial charge in [0.05, 0.1) is 10.0 Å². The summed E-state index contributed by atoms with van der Waals surface area (Å²) in [4.78, 5) is 10.4. The summed E-state index contributed by atoms with van der Waals surface area (Å²) >= 11 is 2.82. The summed E-state index contributed by atoms with van der Waals surface area (Å²) in [5.74, 6) is -1.99. The minimum absolute atomic E-state index is 0.00382. The molecular weight excluding hydrogens is 331 g/mol. The average molecular weight is 342 g/mol. The van der Waals surface area contributed by atoms with Crippen LogP contribution in [0.25, 0.3) is 0 Å². The van der Waals surface area contributed by atoms with Gasteiger partial charge in [0, 0.05) is 12.5 Å². The van der Waals surface area contributed by atoms with E-state index in [-0.39, 0.29) is 22.9 Å². The van der Waals surface area contributed by atoms with Gasteiger partial charge in [-0.05, 0) is 40.0 Å². The Morgan fingerprint density at radius 3 is 2.47 bits per heavy atom. The Labute approximate surface area is 115 Å². The highest BCUT2D eigenvalue weighted by Gasteiger charge is 2.35. The minimum atomic E-state index is -4.71. The van der Waals surface area contributed by atoms with Crippen LogP contribution in [0.3, 0.4) is 0 Å². The number of aliphatic carboxylic acids is 1. The number of carbonyl (C=O) groups is 1. The molecular formula is C11H11BrF3NO3. The molecule has 1 aromatic rings. The topological polar surface area (TPSA) is 83.6 Å². The predicted octanol–water partition coefficient (Wildman–Crippen LogP) is 3.04. The molecule has 0 fully saturated rings. The molecule has 1 rings (SSSR count). The smallest absolute Gasteiger partial charge is 0.420 e. The number of nitrogens with two attached hydrogens (primary N) is 1. The number of hydrogen-bond donors (Lipinski definition) is 3. The number of alkyl halides is 3. The zero-order chi connectivity index (χ0) is 14.8. The molecule has 0 aliphatic heterocycles. The molecule has 0 saturated heterocycles. The fourth-order valence-electron chi connectivity index (χ4n) is 1.50. The molecule has 1 aromatic carbocycles. The number of halogens is 4. The molecule has 0 radical (unpaired) electrons. The van der Waals surface area contributed by atoms with Crippen molar-refractivity contribution in [1.82, 2.24) is 0 Å². The second-order valence-corrected chi connectivity index (χ2v) is 4.79. The van der Waals surface area contributed by atoms with Crippen LogP contribution in [0.5, 0.6) is 5.75 Å². The minimum Gasteiger partial charge on any atom is -0.506 e. The number of hydrogen-bond acceptors (Lipinski definition) is 3. The SMILES string of the molecule is NC(CCC(=O)O)c1cc(Br)c(O)c(C(F)(F)F)c1. The highest BCUT2D eigenvalue weighted by Crippen LogP contribution is 2.41. The van der Waals surface area contributed by atoms with Crippen molar-refractivity contribution in [1.29, 1.82) is 0 Å². The van der Waals surface area contributed by atoms with Gasteiger partial charge in [0.25, 0.3) is 0 Å². The fourth-order valence-corrected chi connectivity index (χ4v) is 1.97. The number of carboxylic acids is 1. The van der Waals surface area contributed by atoms with Gasteiger partial charge in [0.15, 0.2) is 0 Å². The van der Waals surface area contributed by atoms with E-state index in [1.54, 1.807) is 0 Å². The van der Waals surface area contributed by atoms with Gasteiger partial charge in [0.2, 0.25) is 0 Å². The zero-order valence-electron chi connectivity index (χ0n) is 9.54. The number of rotatable bonds is 4. The van der Waals surface area contributed by atoms with Crippen LogP contribution in [0.1, 0.15) is 30.0 Å². The van der Waals surface area contributed by atoms with Crippen molar-refractivity contribution in [3.05, 3.63) is 27.7 Å². The molecule has 4 nitrogen and oxygen atoms in total. The van der Waals surface area contributed by atoms with Crippen molar-refractivity contribution in [2.45, 2.75) is 25.1 Å². The number of aromatic hydroxyl groups is 1. The Bertz CT molecular complexity index is 491. The summed E-state index contributed by atoms with van der Waals surface area (Å²) in [5, 5.41) is 17.9. The van der Waals surface area contributed by atoms with Crippen LogP contribution >= 0.6 is 15.9 Å². The molecule has 0 aromatic heterocycles. The van der Waals surface area contributed by atoms with Crippen LogP contribution in [0, 0.1) is 0 Å². The molecule has 0 amide bonds. The third kappa shape index (κ3) is 4.10. The van der Waals surface area contributed by atoms with Gasteiger partial charge >= 0.3 is 12.1 Å². The van der Waals surface area contributed by atoms with Crippen molar-refractivity contribution in [3.63, 3.8) is 0 Å². The Morgan fingerprint density at radius 1 is 1.42 bits per heavy atom. The Morgan fingerprint density at radius 2 is 2.00 bits per heavy atom. The lowest BCUT2D eigenvalue weighted by Crippen LogP contribution is -2.14. The predicted molar refractivity (Wildman–Crippen MR) is 64.6 cm³/mol. The summed E-state index contributed by atoms with van der Waals surface area (Å²) in [6.45, 7) is 0. The molecule has 1 atom stereocenters. The molecule has 19 heavy (non-hydrogen) atoms. The van der Waals surface area contributed by atoms with Crippen molar-refractivity contribution in [2.24, 2.45) is 5.73 Å². The van der Waals surface area contributed by atoms with Crippen molar-refractivity contribution >= 4 is 21.9 Å². The van der Waals surface area contributed by atoms with Crippen LogP contribution in [0.2, 0.25) is 0 Å². The van der Waals surface area contributed by atoms with Gasteiger partial charge in [-0.1, -0.05) is 0 Å². The standard InChI is InChI=1S/C11H11BrF3NO3/c12-7-4-5(8(16)1-2-9(17)18)3-6(10(7)19)11(13,14)15/h3-4,8,19H,1-2,16H2,(H,17,18). The Balaban J connectivity index is 3.10. The first kappa shape index (κ1) is 15.8. The quantitative estimate of drug-likeness (QED) is 0.785. The fraction of sp³-hybridized carbons (Fsp3) is 0.364. The summed E-state index contributed by atoms with van der Waals surface area (Å²) in [6.07, 6.45) is -4.96. The van der Waals surface area contributed by atoms with Gasteiger partial charge in [-0.25, -0.2) is 0 Å². The van der Waals surface area contributed by atoms with Crippen molar-refractivity contribution < 1.29 is 28.2 Å². The molecule has 106 valence electrons. The molecule has 0 saturated carbocycles. The molecule has 0 spiro atoms. The molecule has 0 aliphatic carbocycles. The van der Waals surface area contributed by atoms with E-state index in [4.69, 9.17) is 10.8 Å². The van der Waals surface area contributed by atoms with E-state index in [0.29, 0.717) is 0 Å². The van der Waals surface area contributed by atoms with Crippen LogP contribution in [0.4, 0.5) is 13.2 Å². The maximum absolute atomic E-state index is 12.7. The Hall–Kier alpha value is -1.28. The lowest BCUT2D eigenvalue weighted by atomic mass is 10.00. The van der Waals surface area contributed by atoms with Gasteiger partial charge in [-0.3, -0.25) is 4.79 Å². The summed E-state index contributed by atoms with van der Waals surface area (Å²) in [6, 6.07) is 1.12. The second-order valence-electron chi connectivity index (χ2n) is 3.94. The molecule has 1 unspecified atom stereocenters. The maximum Gasteiger partial charge on any atom is 0.420 e. The monoisotopic (exact) mass is 341 g/mol. The molecule has 0 heterocycles. The second kappa shape index (κ2) is 5.79. The first-order chi connectivity index (χ1) is 8.62. The summed E-state index contributed by atoms with van der Waals surface area (Å²) < 4.78 is 37.9. The van der Waals surface area contributed by atoms with E-state index in [0.717, 1.165) is 6.07 Å². The average Bonchev–Trinajstić information content (AvgIpc) is 2.27. The first-order valence-corrected chi connectivity index (χ1v) is 5.99. The summed E-state index contributed by atoms with van der Waals surface area (Å²) in [5.41, 5.74) is 4.54. The molecule has 0 bridgehead atoms. The zero-order valence-corrected chi connectivity index (χ0v) is 11.1. The number of phenolic OH excluding ortho intramolecular Hbond substituents is 1. The number of benzene rings is 1. The Kier molecular flexibility index (Phi) is 4.81. The first-order valence-electron chi connectivity index (χ1n) is 5.20. The number of phenols is 1. The van der Waals surface area contributed by atoms with E-state index in [1.165, 1.54) is 6.07 Å². The van der Waals surface area contributed by atoms with Crippen LogP contribution in [0.15, 0.2) is 16.6 Å². The largest absolute Gasteiger partial charge is 0.506 e. The van der Waals surface area contributed by atoms with Crippen molar-refractivity contribution in [2.75, 3.05) is 0 Å². The third-order valence-corrected chi connectivity index (χ3v) is 3.09. The highest BCUT2D eigenvalue weighted by molar-refractivity contribution is 9.10. The molecule has 4 N–H and O–H groups in total. The lowest BCUT2D eigenvalue weighted by Gasteiger charge is -2.16. The molecule has 8 heteroatoms. The van der Waals surface area contributed by atoms with Crippen LogP contribution in [-0.2, 0) is 11.0 Å². The summed E-state index contributed by atoms with van der Waals surface area (Å²) in [7, 11) is 0. The van der Waals surface area contributed by atoms with Gasteiger partial charge < -0.3 is 15.9 Å². The molecule has 0 aliphatic rings. The van der Waals surface area contributed by atoms with Gasteiger partial charge in [0.1, 0.15) is 5.75 Å². The highest BCUT2D eigenvalue weighted by atomic mass is 79.9. The van der Waals surface area contributed by atoms with E-state index < -0.39 is 29.5 Å². The third-order valence-electron chi connectivity index (χ3n) is 2.49. The maximum atomic E-state index is 12.7.